The van der Waals surface area contributed by atoms with Gasteiger partial charge in [0, 0.05) is 84.1 Å². The number of aromatic nitrogens is 7. The SMILES string of the molecule is COc1cccc(-c2nnc(-c3cc(I)cc(I)c3)o2)c1.Oc1cccc(-c2nnc(-c3cc(-n4c5ccccc5c5ccccc54)cc(-n4c5ccccc5c5ccccc54)c3)o2)c1.c1ccc2c(c1)[nH]c1ccccc12. The summed E-state index contributed by atoms with van der Waals surface area (Å²) in [6.45, 7) is 0. The zero-order chi connectivity index (χ0) is 52.7. The highest BCUT2D eigenvalue weighted by Crippen LogP contribution is 2.38. The molecule has 2 N–H and O–H groups in total. The molecule has 5 heterocycles. The number of aromatic amines is 1. The highest BCUT2D eigenvalue weighted by atomic mass is 127. The minimum atomic E-state index is 0.143. The van der Waals surface area contributed by atoms with E-state index in [2.05, 4.69) is 250 Å². The highest BCUT2D eigenvalue weighted by molar-refractivity contribution is 14.1. The summed E-state index contributed by atoms with van der Waals surface area (Å²) >= 11 is 4.55. The summed E-state index contributed by atoms with van der Waals surface area (Å²) in [7, 11) is 1.63. The molecule has 0 unspecified atom stereocenters. The lowest BCUT2D eigenvalue weighted by atomic mass is 10.1. The summed E-state index contributed by atoms with van der Waals surface area (Å²) in [6, 6.07) is 77.7. The average Bonchev–Trinajstić information content (AvgIpc) is 4.52. The van der Waals surface area contributed by atoms with Crippen LogP contribution in [0.2, 0.25) is 0 Å². The first-order chi connectivity index (χ1) is 38.3. The number of halogens is 2. The molecule has 0 atom stereocenters. The third-order valence-corrected chi connectivity index (χ3v) is 14.9. The lowest BCUT2D eigenvalue weighted by Gasteiger charge is -2.14. The Morgan fingerprint density at radius 2 is 0.769 bits per heavy atom. The number of H-pyrrole nitrogens is 1. The Hall–Kier alpha value is -9.06. The first-order valence-corrected chi connectivity index (χ1v) is 27.1. The lowest BCUT2D eigenvalue weighted by molar-refractivity contribution is 0.415. The Kier molecular flexibility index (Phi) is 13.0. The van der Waals surface area contributed by atoms with Crippen molar-refractivity contribution in [3.63, 3.8) is 0 Å². The van der Waals surface area contributed by atoms with Crippen molar-refractivity contribution in [1.82, 2.24) is 34.5 Å². The van der Waals surface area contributed by atoms with Crippen LogP contribution in [-0.4, -0.2) is 46.7 Å². The Bertz CT molecular complexity index is 4400. The van der Waals surface area contributed by atoms with Crippen LogP contribution in [0, 0.1) is 7.14 Å². The topological polar surface area (TPSA) is 133 Å². The molecule has 0 spiro atoms. The van der Waals surface area contributed by atoms with Crippen molar-refractivity contribution >= 4 is 111 Å². The van der Waals surface area contributed by atoms with Gasteiger partial charge in [-0.1, -0.05) is 121 Å². The molecule has 0 radical (unpaired) electrons. The van der Waals surface area contributed by atoms with Gasteiger partial charge in [-0.25, -0.2) is 0 Å². The second kappa shape index (κ2) is 20.8. The molecular formula is C65H43I2N7O4. The predicted molar refractivity (Wildman–Crippen MR) is 328 cm³/mol. The molecule has 78 heavy (non-hydrogen) atoms. The number of benzene rings is 10. The number of fused-ring (bicyclic) bond motifs is 9. The maximum atomic E-state index is 10.0. The Balaban J connectivity index is 0.000000139. The predicted octanol–water partition coefficient (Wildman–Crippen LogP) is 17.2. The van der Waals surface area contributed by atoms with E-state index >= 15 is 0 Å². The maximum absolute atomic E-state index is 10.0. The van der Waals surface area contributed by atoms with Crippen LogP contribution < -0.4 is 4.74 Å². The van der Waals surface area contributed by atoms with E-state index in [-0.39, 0.29) is 5.75 Å². The molecule has 0 aliphatic rings. The van der Waals surface area contributed by atoms with Gasteiger partial charge in [0.05, 0.1) is 29.2 Å². The highest BCUT2D eigenvalue weighted by Gasteiger charge is 2.20. The molecule has 15 rings (SSSR count). The van der Waals surface area contributed by atoms with Gasteiger partial charge < -0.3 is 32.8 Å². The van der Waals surface area contributed by atoms with E-state index in [0.29, 0.717) is 29.1 Å². The molecule has 5 aromatic heterocycles. The minimum absolute atomic E-state index is 0.143. The van der Waals surface area contributed by atoms with Crippen molar-refractivity contribution in [2.45, 2.75) is 0 Å². The van der Waals surface area contributed by atoms with Crippen LogP contribution in [0.15, 0.2) is 239 Å². The first kappa shape index (κ1) is 48.6. The Morgan fingerprint density at radius 1 is 0.385 bits per heavy atom. The molecule has 0 bridgehead atoms. The summed E-state index contributed by atoms with van der Waals surface area (Å²) in [5.74, 6) is 2.65. The maximum Gasteiger partial charge on any atom is 0.248 e. The quantitative estimate of drug-likeness (QED) is 0.151. The lowest BCUT2D eigenvalue weighted by Crippen LogP contribution is -2.00. The summed E-state index contributed by atoms with van der Waals surface area (Å²) in [5, 5.41) is 34.5. The zero-order valence-electron chi connectivity index (χ0n) is 41.6. The van der Waals surface area contributed by atoms with Crippen molar-refractivity contribution < 1.29 is 18.7 Å². The third kappa shape index (κ3) is 9.30. The van der Waals surface area contributed by atoms with E-state index in [4.69, 9.17) is 13.6 Å². The van der Waals surface area contributed by atoms with Crippen molar-refractivity contribution in [2.24, 2.45) is 0 Å². The number of nitrogens with zero attached hydrogens (tertiary/aromatic N) is 6. The summed E-state index contributed by atoms with van der Waals surface area (Å²) in [4.78, 5) is 3.38. The van der Waals surface area contributed by atoms with E-state index in [1.54, 1.807) is 25.3 Å². The van der Waals surface area contributed by atoms with Gasteiger partial charge in [-0.2, -0.15) is 0 Å². The van der Waals surface area contributed by atoms with Crippen LogP contribution in [0.1, 0.15) is 0 Å². The van der Waals surface area contributed by atoms with Crippen LogP contribution in [0.4, 0.5) is 0 Å². The van der Waals surface area contributed by atoms with Gasteiger partial charge >= 0.3 is 0 Å². The fourth-order valence-electron chi connectivity index (χ4n) is 10.2. The van der Waals surface area contributed by atoms with E-state index in [0.717, 1.165) is 63.0 Å². The second-order valence-electron chi connectivity index (χ2n) is 18.5. The third-order valence-electron chi connectivity index (χ3n) is 13.6. The number of hydrogen-bond acceptors (Lipinski definition) is 8. The first-order valence-electron chi connectivity index (χ1n) is 25.0. The molecular weight excluding hydrogens is 1200 g/mol. The summed E-state index contributed by atoms with van der Waals surface area (Å²) in [5.41, 5.74) is 12.1. The monoisotopic (exact) mass is 1240 g/mol. The second-order valence-corrected chi connectivity index (χ2v) is 21.0. The smallest absolute Gasteiger partial charge is 0.248 e. The molecule has 0 saturated carbocycles. The molecule has 13 heteroatoms. The van der Waals surface area contributed by atoms with E-state index in [9.17, 15) is 5.11 Å². The van der Waals surface area contributed by atoms with Crippen molar-refractivity contribution in [3.8, 4) is 68.7 Å². The van der Waals surface area contributed by atoms with Crippen molar-refractivity contribution in [1.29, 1.82) is 0 Å². The van der Waals surface area contributed by atoms with Crippen LogP contribution in [0.5, 0.6) is 11.5 Å². The molecule has 0 aliphatic heterocycles. The zero-order valence-corrected chi connectivity index (χ0v) is 45.9. The van der Waals surface area contributed by atoms with E-state index in [1.165, 1.54) is 43.4 Å². The van der Waals surface area contributed by atoms with Gasteiger partial charge in [-0.15, -0.1) is 20.4 Å². The number of nitrogens with one attached hydrogen (secondary N) is 1. The minimum Gasteiger partial charge on any atom is -0.508 e. The van der Waals surface area contributed by atoms with Crippen LogP contribution >= 0.6 is 45.2 Å². The van der Waals surface area contributed by atoms with Gasteiger partial charge in [0.15, 0.2) is 0 Å². The van der Waals surface area contributed by atoms with Crippen molar-refractivity contribution in [2.75, 3.05) is 7.11 Å². The van der Waals surface area contributed by atoms with Gasteiger partial charge in [0.2, 0.25) is 23.6 Å². The van der Waals surface area contributed by atoms with Gasteiger partial charge in [0.1, 0.15) is 11.5 Å². The Labute approximate surface area is 473 Å². The molecule has 0 fully saturated rings. The van der Waals surface area contributed by atoms with Gasteiger partial charge in [-0.3, -0.25) is 0 Å². The fourth-order valence-corrected chi connectivity index (χ4v) is 12.1. The number of methoxy groups -OCH3 is 1. The summed E-state index contributed by atoms with van der Waals surface area (Å²) < 4.78 is 24.1. The van der Waals surface area contributed by atoms with Crippen LogP contribution in [0.3, 0.4) is 0 Å². The standard InChI is InChI=1S/C38H24N4O2.C15H10I2N2O2.C12H9N/c43-28-11-9-10-24(22-28)37-39-40-38(44-37)25-20-26(41-33-16-5-1-12-29(33)30-13-2-6-17-34(30)41)23-27(21-25)42-35-18-7-3-14-31(35)32-15-4-8-19-36(32)42;1-20-13-4-2-3-9(7-13)14-18-19-15(21-14)10-5-11(16)8-12(17)6-10;1-3-7-11-9(5-1)10-6-2-4-8-12(10)13-11/h1-23,43H;2-8H,1H3;1-8,13H. The molecule has 0 amide bonds. The average molecular weight is 1240 g/mol. The Morgan fingerprint density at radius 3 is 1.22 bits per heavy atom. The number of ether oxygens (including phenoxy) is 1. The molecule has 15 aromatic rings. The number of para-hydroxylation sites is 6. The number of hydrogen-bond donors (Lipinski definition) is 2. The largest absolute Gasteiger partial charge is 0.508 e. The van der Waals surface area contributed by atoms with Gasteiger partial charge in [0.25, 0.3) is 0 Å². The summed E-state index contributed by atoms with van der Waals surface area (Å²) in [6.07, 6.45) is 0. The van der Waals surface area contributed by atoms with Gasteiger partial charge in [-0.05, 0) is 154 Å². The van der Waals surface area contributed by atoms with Crippen LogP contribution in [-0.2, 0) is 0 Å². The fraction of sp³-hybridized carbons (Fsp3) is 0.0154. The van der Waals surface area contributed by atoms with E-state index in [1.807, 2.05) is 42.5 Å². The molecule has 11 nitrogen and oxygen atoms in total. The van der Waals surface area contributed by atoms with Crippen LogP contribution in [0.25, 0.3) is 123 Å². The van der Waals surface area contributed by atoms with E-state index < -0.39 is 0 Å². The van der Waals surface area contributed by atoms with Crippen molar-refractivity contribution in [3.05, 3.63) is 238 Å². The normalized spacial score (nSPS) is 11.3. The molecule has 0 aliphatic carbocycles. The molecule has 376 valence electrons. The number of aromatic hydroxyl groups is 1. The molecule has 0 saturated heterocycles. The number of phenolic OH excluding ortho intramolecular Hbond substituents is 1. The number of rotatable bonds is 7. The molecule has 10 aromatic carbocycles. The number of phenols is 1.